The van der Waals surface area contributed by atoms with Gasteiger partial charge < -0.3 is 14.7 Å². The van der Waals surface area contributed by atoms with Crippen molar-refractivity contribution in [2.45, 2.75) is 23.8 Å². The predicted octanol–water partition coefficient (Wildman–Crippen LogP) is 2.72. The number of carbonyl (C=O) groups is 1. The molecule has 0 radical (unpaired) electrons. The Bertz CT molecular complexity index is 458. The second-order valence-electron chi connectivity index (χ2n) is 4.61. The van der Waals surface area contributed by atoms with Crippen LogP contribution < -0.4 is 4.90 Å². The van der Waals surface area contributed by atoms with Crippen LogP contribution in [0.5, 0.6) is 0 Å². The molecule has 0 bridgehead atoms. The van der Waals surface area contributed by atoms with Gasteiger partial charge in [-0.3, -0.25) is 0 Å². The molecule has 1 aromatic rings. The number of carboxylic acid groups (broad SMARTS) is 1. The number of hydrogen-bond acceptors (Lipinski definition) is 4. The number of anilines is 1. The Morgan fingerprint density at radius 3 is 2.68 bits per heavy atom. The Morgan fingerprint density at radius 2 is 2.11 bits per heavy atom. The molecule has 5 heteroatoms. The van der Waals surface area contributed by atoms with Crippen LogP contribution in [0.15, 0.2) is 23.1 Å². The largest absolute Gasteiger partial charge is 0.478 e. The quantitative estimate of drug-likeness (QED) is 0.860. The number of carboxylic acids is 1. The van der Waals surface area contributed by atoms with E-state index >= 15 is 0 Å². The summed E-state index contributed by atoms with van der Waals surface area (Å²) in [6.07, 6.45) is 3.79. The summed E-state index contributed by atoms with van der Waals surface area (Å²) < 4.78 is 5.36. The van der Waals surface area contributed by atoms with E-state index in [4.69, 9.17) is 4.74 Å². The summed E-state index contributed by atoms with van der Waals surface area (Å²) in [6.45, 7) is 1.50. The SMILES string of the molecule is CSc1cccc(N(C)C2CCOCC2)c1C(=O)O. The first-order chi connectivity index (χ1) is 9.15. The summed E-state index contributed by atoms with van der Waals surface area (Å²) in [5, 5.41) is 9.46. The van der Waals surface area contributed by atoms with Crippen LogP contribution in [0, 0.1) is 0 Å². The van der Waals surface area contributed by atoms with Crippen LogP contribution >= 0.6 is 11.8 Å². The van der Waals surface area contributed by atoms with Crippen molar-refractivity contribution in [3.05, 3.63) is 23.8 Å². The molecule has 1 aromatic carbocycles. The fourth-order valence-corrected chi connectivity index (χ4v) is 3.08. The van der Waals surface area contributed by atoms with Crippen molar-refractivity contribution in [1.29, 1.82) is 0 Å². The highest BCUT2D eigenvalue weighted by Crippen LogP contribution is 2.31. The third-order valence-electron chi connectivity index (χ3n) is 3.56. The van der Waals surface area contributed by atoms with Gasteiger partial charge in [-0.15, -0.1) is 11.8 Å². The molecule has 0 saturated carbocycles. The van der Waals surface area contributed by atoms with Gasteiger partial charge in [-0.05, 0) is 31.2 Å². The molecule has 0 aliphatic carbocycles. The van der Waals surface area contributed by atoms with Gasteiger partial charge in [0.2, 0.25) is 0 Å². The molecule has 0 aromatic heterocycles. The van der Waals surface area contributed by atoms with Gasteiger partial charge in [-0.1, -0.05) is 6.07 Å². The monoisotopic (exact) mass is 281 g/mol. The van der Waals surface area contributed by atoms with Gasteiger partial charge in [0.15, 0.2) is 0 Å². The molecule has 104 valence electrons. The summed E-state index contributed by atoms with van der Waals surface area (Å²) in [4.78, 5) is 14.4. The first-order valence-corrected chi connectivity index (χ1v) is 7.58. The average molecular weight is 281 g/mol. The maximum Gasteiger partial charge on any atom is 0.338 e. The van der Waals surface area contributed by atoms with Gasteiger partial charge in [0.1, 0.15) is 0 Å². The highest BCUT2D eigenvalue weighted by Gasteiger charge is 2.24. The van der Waals surface area contributed by atoms with Gasteiger partial charge >= 0.3 is 5.97 Å². The van der Waals surface area contributed by atoms with Crippen molar-refractivity contribution in [2.75, 3.05) is 31.4 Å². The Labute approximate surface area is 117 Å². The van der Waals surface area contributed by atoms with Gasteiger partial charge in [0, 0.05) is 31.2 Å². The van der Waals surface area contributed by atoms with Crippen molar-refractivity contribution in [2.24, 2.45) is 0 Å². The van der Waals surface area contributed by atoms with Crippen LogP contribution in [0.25, 0.3) is 0 Å². The first-order valence-electron chi connectivity index (χ1n) is 6.36. The van der Waals surface area contributed by atoms with Crippen LogP contribution in [0.3, 0.4) is 0 Å². The van der Waals surface area contributed by atoms with E-state index in [9.17, 15) is 9.90 Å². The Hall–Kier alpha value is -1.20. The van der Waals surface area contributed by atoms with E-state index in [0.717, 1.165) is 36.6 Å². The summed E-state index contributed by atoms with van der Waals surface area (Å²) in [6, 6.07) is 6.02. The fourth-order valence-electron chi connectivity index (χ4n) is 2.47. The summed E-state index contributed by atoms with van der Waals surface area (Å²) in [7, 11) is 1.97. The molecular formula is C14H19NO3S. The smallest absolute Gasteiger partial charge is 0.338 e. The number of thioether (sulfide) groups is 1. The minimum absolute atomic E-state index is 0.351. The number of ether oxygens (including phenoxy) is 1. The number of nitrogens with zero attached hydrogens (tertiary/aromatic N) is 1. The maximum absolute atomic E-state index is 11.5. The second kappa shape index (κ2) is 6.30. The van der Waals surface area contributed by atoms with Crippen LogP contribution in [0.4, 0.5) is 5.69 Å². The third-order valence-corrected chi connectivity index (χ3v) is 4.34. The molecule has 1 aliphatic rings. The topological polar surface area (TPSA) is 49.8 Å². The molecule has 0 atom stereocenters. The predicted molar refractivity (Wildman–Crippen MR) is 77.4 cm³/mol. The molecule has 1 N–H and O–H groups in total. The van der Waals surface area contributed by atoms with Crippen molar-refractivity contribution in [1.82, 2.24) is 0 Å². The number of benzene rings is 1. The zero-order chi connectivity index (χ0) is 13.8. The van der Waals surface area contributed by atoms with Crippen LogP contribution in [-0.2, 0) is 4.74 Å². The summed E-state index contributed by atoms with van der Waals surface area (Å²) >= 11 is 1.47. The molecule has 1 aliphatic heterocycles. The minimum Gasteiger partial charge on any atom is -0.478 e. The third kappa shape index (κ3) is 3.04. The van der Waals surface area contributed by atoms with E-state index in [1.165, 1.54) is 11.8 Å². The Kier molecular flexibility index (Phi) is 4.71. The first kappa shape index (κ1) is 14.2. The zero-order valence-electron chi connectivity index (χ0n) is 11.3. The molecule has 0 amide bonds. The standard InChI is InChI=1S/C14H19NO3S/c1-15(10-6-8-18-9-7-10)11-4-3-5-12(19-2)13(11)14(16)17/h3-5,10H,6-9H2,1-2H3,(H,16,17). The molecule has 19 heavy (non-hydrogen) atoms. The van der Waals surface area contributed by atoms with Crippen molar-refractivity contribution < 1.29 is 14.6 Å². The second-order valence-corrected chi connectivity index (χ2v) is 5.46. The molecule has 1 saturated heterocycles. The lowest BCUT2D eigenvalue weighted by atomic mass is 10.0. The van der Waals surface area contributed by atoms with Gasteiger partial charge in [-0.25, -0.2) is 4.79 Å². The highest BCUT2D eigenvalue weighted by molar-refractivity contribution is 7.98. The van der Waals surface area contributed by atoms with Gasteiger partial charge in [0.05, 0.1) is 11.3 Å². The molecular weight excluding hydrogens is 262 g/mol. The Morgan fingerprint density at radius 1 is 1.42 bits per heavy atom. The van der Waals surface area contributed by atoms with Gasteiger partial charge in [0.25, 0.3) is 0 Å². The molecule has 4 nitrogen and oxygen atoms in total. The van der Waals surface area contributed by atoms with Gasteiger partial charge in [-0.2, -0.15) is 0 Å². The number of aromatic carboxylic acids is 1. The van der Waals surface area contributed by atoms with E-state index < -0.39 is 5.97 Å². The molecule has 2 rings (SSSR count). The van der Waals surface area contributed by atoms with Crippen LogP contribution in [-0.4, -0.2) is 43.6 Å². The fraction of sp³-hybridized carbons (Fsp3) is 0.500. The summed E-state index contributed by atoms with van der Waals surface area (Å²) in [5.74, 6) is -0.862. The van der Waals surface area contributed by atoms with Crippen molar-refractivity contribution >= 4 is 23.4 Å². The highest BCUT2D eigenvalue weighted by atomic mass is 32.2. The Balaban J connectivity index is 2.34. The van der Waals surface area contributed by atoms with Crippen LogP contribution in [0.1, 0.15) is 23.2 Å². The van der Waals surface area contributed by atoms with E-state index in [1.807, 2.05) is 31.5 Å². The minimum atomic E-state index is -0.862. The average Bonchev–Trinajstić information content (AvgIpc) is 2.46. The van der Waals surface area contributed by atoms with Crippen LogP contribution in [0.2, 0.25) is 0 Å². The molecule has 0 unspecified atom stereocenters. The van der Waals surface area contributed by atoms with E-state index in [1.54, 1.807) is 0 Å². The maximum atomic E-state index is 11.5. The number of hydrogen-bond donors (Lipinski definition) is 1. The van der Waals surface area contributed by atoms with E-state index in [-0.39, 0.29) is 0 Å². The summed E-state index contributed by atoms with van der Waals surface area (Å²) in [5.41, 5.74) is 1.20. The van der Waals surface area contributed by atoms with E-state index in [0.29, 0.717) is 11.6 Å². The molecule has 1 fully saturated rings. The lowest BCUT2D eigenvalue weighted by Crippen LogP contribution is -2.37. The zero-order valence-corrected chi connectivity index (χ0v) is 12.1. The lowest BCUT2D eigenvalue weighted by Gasteiger charge is -2.34. The van der Waals surface area contributed by atoms with E-state index in [2.05, 4.69) is 4.90 Å². The van der Waals surface area contributed by atoms with Crippen molar-refractivity contribution in [3.63, 3.8) is 0 Å². The number of rotatable bonds is 4. The molecule has 1 heterocycles. The normalized spacial score (nSPS) is 16.3. The lowest BCUT2D eigenvalue weighted by molar-refractivity contribution is 0.0693. The van der Waals surface area contributed by atoms with Crippen molar-refractivity contribution in [3.8, 4) is 0 Å². The molecule has 0 spiro atoms.